The smallest absolute Gasteiger partial charge is 0.252 e. The maximum absolute atomic E-state index is 2.82. The Hall–Kier alpha value is -5.02. The monoisotopic (exact) mass is 991 g/mol. The normalized spacial score (nSPS) is 25.0. The Kier molecular flexibility index (Phi) is 10.3. The highest BCUT2D eigenvalue weighted by Gasteiger charge is 2.54. The summed E-state index contributed by atoms with van der Waals surface area (Å²) >= 11 is 0. The fourth-order valence-corrected chi connectivity index (χ4v) is 17.9. The van der Waals surface area contributed by atoms with Crippen molar-refractivity contribution in [2.24, 2.45) is 17.8 Å². The van der Waals surface area contributed by atoms with Gasteiger partial charge in [0, 0.05) is 34.0 Å². The van der Waals surface area contributed by atoms with Crippen LogP contribution in [-0.4, -0.2) is 6.71 Å². The van der Waals surface area contributed by atoms with Crippen molar-refractivity contribution in [1.82, 2.24) is 0 Å². The molecule has 0 aromatic heterocycles. The average Bonchev–Trinajstić information content (AvgIpc) is 3.67. The third-order valence-electron chi connectivity index (χ3n) is 20.8. The van der Waals surface area contributed by atoms with E-state index in [0.29, 0.717) is 0 Å². The molecule has 0 N–H and O–H groups in total. The fraction of sp³-hybridized carbons (Fsp3) is 0.500. The second kappa shape index (κ2) is 15.6. The van der Waals surface area contributed by atoms with Gasteiger partial charge in [-0.05, 0) is 227 Å². The summed E-state index contributed by atoms with van der Waals surface area (Å²) in [6, 6.07) is 43.5. The third kappa shape index (κ3) is 7.51. The number of rotatable bonds is 4. The highest BCUT2D eigenvalue weighted by atomic mass is 15.2. The van der Waals surface area contributed by atoms with Crippen LogP contribution >= 0.6 is 0 Å². The summed E-state index contributed by atoms with van der Waals surface area (Å²) in [5.41, 5.74) is 27.3. The molecule has 0 saturated heterocycles. The van der Waals surface area contributed by atoms with E-state index >= 15 is 0 Å². The molecule has 2 nitrogen and oxygen atoms in total. The van der Waals surface area contributed by atoms with Crippen molar-refractivity contribution in [2.45, 2.75) is 212 Å². The van der Waals surface area contributed by atoms with Crippen LogP contribution in [0.3, 0.4) is 0 Å². The van der Waals surface area contributed by atoms with E-state index in [9.17, 15) is 0 Å². The van der Waals surface area contributed by atoms with Crippen LogP contribution in [0.25, 0.3) is 11.1 Å². The number of fused-ring (bicyclic) bond motifs is 6. The number of benzene rings is 6. The lowest BCUT2D eigenvalue weighted by Gasteiger charge is -2.57. The summed E-state index contributed by atoms with van der Waals surface area (Å²) in [6.07, 6.45) is 10.6. The van der Waals surface area contributed by atoms with Crippen LogP contribution in [0, 0.1) is 17.8 Å². The quantitative estimate of drug-likeness (QED) is 0.162. The van der Waals surface area contributed by atoms with E-state index < -0.39 is 0 Å². The highest BCUT2D eigenvalue weighted by Crippen LogP contribution is 2.63. The van der Waals surface area contributed by atoms with E-state index in [4.69, 9.17) is 0 Å². The molecule has 4 bridgehead atoms. The molecule has 388 valence electrons. The molecule has 6 aliphatic carbocycles. The van der Waals surface area contributed by atoms with E-state index in [1.807, 2.05) is 0 Å². The molecule has 6 aromatic carbocycles. The Labute approximate surface area is 453 Å². The molecule has 4 fully saturated rings. The summed E-state index contributed by atoms with van der Waals surface area (Å²) < 4.78 is 0. The van der Waals surface area contributed by atoms with Crippen molar-refractivity contribution < 1.29 is 0 Å². The second-order valence-electron chi connectivity index (χ2n) is 31.6. The first-order valence-electron chi connectivity index (χ1n) is 29.5. The molecular formula is C72H87BN2. The zero-order chi connectivity index (χ0) is 53.1. The highest BCUT2D eigenvalue weighted by molar-refractivity contribution is 7.00. The van der Waals surface area contributed by atoms with Gasteiger partial charge in [-0.2, -0.15) is 0 Å². The standard InChI is InChI=1S/C72H87BN2/c1-65(2,3)47-20-18-46(19-21-47)52-31-48(66(4,5)6)22-26-59(52)75-60-27-23-49(67(7,8)9)32-57(60)73-58-36-55-56(71(16,17)42-70(55,14)15)37-61(58)74(51-24-25-53-54(35-51)69(12,13)41-68(53,10)11)62-33-50(34-63(75)64(62)73)72-38-43-28-44(39-72)30-45(29-43)40-72/h18-27,31-37,43-45H,28-30,38-42H2,1-17H3. The SMILES string of the molecule is CC(C)(C)c1ccc(-c2cc(C(C)(C)C)ccc2N2c3ccc(C(C)(C)C)cc3B3c4cc5c(cc4N(c4ccc6c(c4)C(C)(C)CC6(C)C)c4cc(C67CC8CC(CC(C8)C6)C7)cc2c43)C(C)(C)CC5(C)C)cc1. The van der Waals surface area contributed by atoms with Crippen molar-refractivity contribution in [3.8, 4) is 11.1 Å². The topological polar surface area (TPSA) is 6.48 Å². The Morgan fingerprint density at radius 1 is 0.413 bits per heavy atom. The van der Waals surface area contributed by atoms with E-state index in [1.54, 1.807) is 5.56 Å². The average molecular weight is 991 g/mol. The molecule has 8 aliphatic rings. The molecule has 2 heterocycles. The van der Waals surface area contributed by atoms with Gasteiger partial charge in [0.25, 0.3) is 6.71 Å². The summed E-state index contributed by atoms with van der Waals surface area (Å²) in [4.78, 5) is 5.61. The van der Waals surface area contributed by atoms with E-state index in [2.05, 4.69) is 231 Å². The van der Waals surface area contributed by atoms with Gasteiger partial charge in [0.15, 0.2) is 0 Å². The lowest BCUT2D eigenvalue weighted by atomic mass is 9.33. The number of nitrogens with zero attached hydrogens (tertiary/aromatic N) is 2. The van der Waals surface area contributed by atoms with Gasteiger partial charge >= 0.3 is 0 Å². The van der Waals surface area contributed by atoms with Gasteiger partial charge in [-0.1, -0.05) is 172 Å². The predicted molar refractivity (Wildman–Crippen MR) is 323 cm³/mol. The van der Waals surface area contributed by atoms with Crippen LogP contribution in [0.5, 0.6) is 0 Å². The first-order valence-corrected chi connectivity index (χ1v) is 29.5. The first-order chi connectivity index (χ1) is 34.9. The summed E-state index contributed by atoms with van der Waals surface area (Å²) in [6.45, 7) is 41.4. The minimum absolute atomic E-state index is 0.0187. The summed E-state index contributed by atoms with van der Waals surface area (Å²) in [5, 5.41) is 0. The van der Waals surface area contributed by atoms with Crippen molar-refractivity contribution in [3.05, 3.63) is 148 Å². The van der Waals surface area contributed by atoms with Gasteiger partial charge in [0.2, 0.25) is 0 Å². The van der Waals surface area contributed by atoms with E-state index in [-0.39, 0.29) is 50.0 Å². The lowest BCUT2D eigenvalue weighted by Crippen LogP contribution is -2.62. The van der Waals surface area contributed by atoms with Crippen LogP contribution in [0.4, 0.5) is 34.1 Å². The molecule has 75 heavy (non-hydrogen) atoms. The Morgan fingerprint density at radius 3 is 1.44 bits per heavy atom. The summed E-state index contributed by atoms with van der Waals surface area (Å²) in [5.74, 6) is 2.51. The zero-order valence-electron chi connectivity index (χ0n) is 49.2. The minimum atomic E-state index is -0.0296. The van der Waals surface area contributed by atoms with Gasteiger partial charge in [0.1, 0.15) is 0 Å². The number of hydrogen-bond acceptors (Lipinski definition) is 2. The molecular weight excluding hydrogens is 904 g/mol. The second-order valence-corrected chi connectivity index (χ2v) is 31.6. The largest absolute Gasteiger partial charge is 0.311 e. The first kappa shape index (κ1) is 49.6. The Morgan fingerprint density at radius 2 is 0.880 bits per heavy atom. The summed E-state index contributed by atoms with van der Waals surface area (Å²) in [7, 11) is 0. The van der Waals surface area contributed by atoms with Crippen molar-refractivity contribution in [2.75, 3.05) is 9.80 Å². The molecule has 6 aromatic rings. The number of anilines is 6. The zero-order valence-corrected chi connectivity index (χ0v) is 49.2. The van der Waals surface area contributed by atoms with Crippen LogP contribution < -0.4 is 26.2 Å². The van der Waals surface area contributed by atoms with E-state index in [1.165, 1.54) is 139 Å². The molecule has 3 heteroatoms. The fourth-order valence-electron chi connectivity index (χ4n) is 17.9. The minimum Gasteiger partial charge on any atom is -0.311 e. The van der Waals surface area contributed by atoms with Crippen molar-refractivity contribution in [1.29, 1.82) is 0 Å². The van der Waals surface area contributed by atoms with Crippen LogP contribution in [0.15, 0.2) is 103 Å². The van der Waals surface area contributed by atoms with Gasteiger partial charge in [-0.25, -0.2) is 0 Å². The van der Waals surface area contributed by atoms with Gasteiger partial charge in [0.05, 0.1) is 5.69 Å². The molecule has 0 atom stereocenters. The Bertz CT molecular complexity index is 3340. The van der Waals surface area contributed by atoms with Gasteiger partial charge < -0.3 is 9.80 Å². The Balaban J connectivity index is 1.17. The third-order valence-corrected chi connectivity index (χ3v) is 20.8. The lowest BCUT2D eigenvalue weighted by molar-refractivity contribution is -0.00514. The number of hydrogen-bond donors (Lipinski definition) is 0. The maximum Gasteiger partial charge on any atom is 0.252 e. The van der Waals surface area contributed by atoms with Crippen LogP contribution in [-0.2, 0) is 43.3 Å². The molecule has 0 unspecified atom stereocenters. The molecule has 0 amide bonds. The maximum atomic E-state index is 2.82. The molecule has 2 aliphatic heterocycles. The van der Waals surface area contributed by atoms with Gasteiger partial charge in [-0.15, -0.1) is 0 Å². The van der Waals surface area contributed by atoms with Crippen molar-refractivity contribution >= 4 is 57.2 Å². The predicted octanol–water partition coefficient (Wildman–Crippen LogP) is 17.7. The molecule has 14 rings (SSSR count). The molecule has 0 radical (unpaired) electrons. The van der Waals surface area contributed by atoms with E-state index in [0.717, 1.165) is 30.6 Å². The molecule has 0 spiro atoms. The van der Waals surface area contributed by atoms with Crippen molar-refractivity contribution in [3.63, 3.8) is 0 Å². The molecule has 4 saturated carbocycles. The van der Waals surface area contributed by atoms with Crippen LogP contribution in [0.2, 0.25) is 0 Å². The van der Waals surface area contributed by atoms with Crippen LogP contribution in [0.1, 0.15) is 214 Å². The van der Waals surface area contributed by atoms with Gasteiger partial charge in [-0.3, -0.25) is 0 Å².